The lowest BCUT2D eigenvalue weighted by molar-refractivity contribution is -0.140. The number of aliphatic imine (C=N–C) groups is 1. The lowest BCUT2D eigenvalue weighted by Gasteiger charge is -2.33. The third-order valence-electron chi connectivity index (χ3n) is 16.3. The van der Waals surface area contributed by atoms with Crippen LogP contribution in [0.25, 0.3) is 10.9 Å². The van der Waals surface area contributed by atoms with Crippen LogP contribution in [0, 0.1) is 9.49 Å². The third-order valence-corrected chi connectivity index (χ3v) is 18.1. The van der Waals surface area contributed by atoms with Crippen molar-refractivity contribution < 1.29 is 72.0 Å². The van der Waals surface area contributed by atoms with E-state index in [1.807, 2.05) is 29.2 Å². The largest absolute Gasteiger partial charge is 0.494 e. The van der Waals surface area contributed by atoms with Crippen LogP contribution in [-0.4, -0.2) is 270 Å². The van der Waals surface area contributed by atoms with Crippen molar-refractivity contribution in [3.63, 3.8) is 0 Å². The Bertz CT molecular complexity index is 2930. The minimum Gasteiger partial charge on any atom is -0.494 e. The van der Waals surface area contributed by atoms with Crippen LogP contribution in [-0.2, 0) is 44.8 Å². The van der Waals surface area contributed by atoms with Gasteiger partial charge in [-0.2, -0.15) is 11.8 Å². The number of aromatic nitrogens is 1. The number of piperidine rings is 1. The number of carbonyl (C=O) groups is 9. The first-order valence-corrected chi connectivity index (χ1v) is 33.7. The molecule has 0 spiro atoms. The van der Waals surface area contributed by atoms with Crippen molar-refractivity contribution in [3.8, 4) is 5.75 Å². The van der Waals surface area contributed by atoms with Gasteiger partial charge in [-0.05, 0) is 122 Å². The standard InChI is InChI=1S/C63H89F2IN12O13S/c1-67-37-48-36-63(64,65)44-78(48)57(82)38-71-61(89)50-17-21-68-52-16-15-49(35-51(50)52)91-33-6-8-46-18-23-77(24-19-46)56(81)10-3-2-4-20-70-62(90)53(43-92-34-22-69-54(79)9-5-7-45-11-13-47(66)14-12-45)72-55(80)39-73-25-27-74(40-58(83)84)29-31-76(42-60(87)88)32-30-75(28-26-73)41-59(85)86/h11-17,21,35,37,46,48,53H,2-10,18-20,22-34,36,38-44H2,1H3,(H,69,79)(H,70,90)(H,71,89)(H,72,80)(H,83,84)(H,85,86)(H,87,88)/b67-37+/t48-,53?/m1/s1. The Morgan fingerprint density at radius 2 is 1.36 bits per heavy atom. The fourth-order valence-corrected chi connectivity index (χ4v) is 12.6. The fraction of sp³-hybridized carbons (Fsp3) is 0.603. The molecule has 4 heterocycles. The molecule has 0 aliphatic carbocycles. The van der Waals surface area contributed by atoms with Crippen LogP contribution in [0.15, 0.2) is 59.7 Å². The summed E-state index contributed by atoms with van der Waals surface area (Å²) >= 11 is 3.64. The Balaban J connectivity index is 0.920. The first-order chi connectivity index (χ1) is 44.1. The molecule has 25 nitrogen and oxygen atoms in total. The molecular formula is C63H89F2IN12O13S. The monoisotopic (exact) mass is 1420 g/mol. The molecule has 1 aromatic heterocycles. The van der Waals surface area contributed by atoms with Gasteiger partial charge in [0, 0.05) is 138 Å². The second kappa shape index (κ2) is 39.1. The smallest absolute Gasteiger partial charge is 0.317 e. The van der Waals surface area contributed by atoms with Gasteiger partial charge >= 0.3 is 17.9 Å². The number of alkyl halides is 2. The lowest BCUT2D eigenvalue weighted by atomic mass is 9.92. The maximum absolute atomic E-state index is 14.1. The number of nitrogens with one attached hydrogen (secondary N) is 4. The second-order valence-corrected chi connectivity index (χ2v) is 25.9. The third kappa shape index (κ3) is 27.1. The number of hydrogen-bond acceptors (Lipinski definition) is 17. The van der Waals surface area contributed by atoms with Crippen molar-refractivity contribution in [1.82, 2.24) is 55.7 Å². The van der Waals surface area contributed by atoms with Crippen LogP contribution in [0.1, 0.15) is 86.6 Å². The van der Waals surface area contributed by atoms with Gasteiger partial charge in [-0.25, -0.2) is 8.78 Å². The first-order valence-electron chi connectivity index (χ1n) is 31.5. The van der Waals surface area contributed by atoms with E-state index in [0.29, 0.717) is 99.6 Å². The molecule has 2 atom stereocenters. The number of unbranched alkanes of at least 4 members (excludes halogenated alkanes) is 2. The topological polar surface area (TPSA) is 316 Å². The van der Waals surface area contributed by atoms with Gasteiger partial charge in [-0.1, -0.05) is 18.6 Å². The Hall–Kier alpha value is -6.67. The number of carboxylic acids is 3. The summed E-state index contributed by atoms with van der Waals surface area (Å²) in [7, 11) is 1.45. The van der Waals surface area contributed by atoms with Crippen molar-refractivity contribution in [3.05, 3.63) is 69.4 Å². The quantitative estimate of drug-likeness (QED) is 0.0256. The zero-order chi connectivity index (χ0) is 66.4. The van der Waals surface area contributed by atoms with E-state index in [9.17, 15) is 67.3 Å². The normalized spacial score (nSPS) is 17.8. The molecule has 0 bridgehead atoms. The number of benzene rings is 2. The molecule has 7 N–H and O–H groups in total. The van der Waals surface area contributed by atoms with Crippen molar-refractivity contribution in [1.29, 1.82) is 0 Å². The summed E-state index contributed by atoms with van der Waals surface area (Å²) in [6.07, 6.45) is 9.72. The number of fused-ring (bicyclic) bond motifs is 1. The van der Waals surface area contributed by atoms with Gasteiger partial charge in [0.15, 0.2) is 0 Å². The number of ether oxygens (including phenoxy) is 1. The van der Waals surface area contributed by atoms with Gasteiger partial charge in [0.25, 0.3) is 11.8 Å². The van der Waals surface area contributed by atoms with E-state index in [-0.39, 0.29) is 102 Å². The average molecular weight is 1420 g/mol. The summed E-state index contributed by atoms with van der Waals surface area (Å²) < 4.78 is 35.5. The summed E-state index contributed by atoms with van der Waals surface area (Å²) in [6, 6.07) is 13.1. The molecule has 6 amide bonds. The average Bonchev–Trinajstić information content (AvgIpc) is 1.23. The highest BCUT2D eigenvalue weighted by Crippen LogP contribution is 2.32. The lowest BCUT2D eigenvalue weighted by Crippen LogP contribution is -2.53. The first kappa shape index (κ1) is 74.4. The molecule has 2 aromatic carbocycles. The summed E-state index contributed by atoms with van der Waals surface area (Å²) in [5.41, 5.74) is 1.95. The number of thioether (sulfide) groups is 1. The van der Waals surface area contributed by atoms with Crippen molar-refractivity contribution >= 4 is 105 Å². The predicted octanol–water partition coefficient (Wildman–Crippen LogP) is 3.41. The molecule has 3 aromatic rings. The van der Waals surface area contributed by atoms with E-state index in [1.165, 1.54) is 37.3 Å². The minimum atomic E-state index is -3.05. The predicted molar refractivity (Wildman–Crippen MR) is 352 cm³/mol. The molecule has 0 saturated carbocycles. The van der Waals surface area contributed by atoms with Gasteiger partial charge in [-0.15, -0.1) is 0 Å². The van der Waals surface area contributed by atoms with E-state index in [1.54, 1.807) is 37.8 Å². The number of carbonyl (C=O) groups excluding carboxylic acids is 6. The highest BCUT2D eigenvalue weighted by atomic mass is 127. The van der Waals surface area contributed by atoms with Gasteiger partial charge in [0.05, 0.1) is 63.0 Å². The van der Waals surface area contributed by atoms with Crippen LogP contribution in [0.4, 0.5) is 8.78 Å². The Labute approximate surface area is 553 Å². The van der Waals surface area contributed by atoms with E-state index in [4.69, 9.17) is 4.74 Å². The zero-order valence-electron chi connectivity index (χ0n) is 52.4. The Kier molecular flexibility index (Phi) is 31.6. The van der Waals surface area contributed by atoms with Crippen molar-refractivity contribution in [2.24, 2.45) is 10.9 Å². The summed E-state index contributed by atoms with van der Waals surface area (Å²) in [5.74, 6) is -6.71. The number of hydrogen-bond donors (Lipinski definition) is 7. The van der Waals surface area contributed by atoms with Crippen LogP contribution < -0.4 is 26.0 Å². The number of pyridine rings is 1. The van der Waals surface area contributed by atoms with Crippen LogP contribution in [0.5, 0.6) is 5.75 Å². The minimum absolute atomic E-state index is 0.0786. The number of aryl methyl sites for hydroxylation is 1. The highest BCUT2D eigenvalue weighted by Gasteiger charge is 2.46. The maximum Gasteiger partial charge on any atom is 0.317 e. The number of halogens is 3. The van der Waals surface area contributed by atoms with Crippen LogP contribution in [0.2, 0.25) is 0 Å². The van der Waals surface area contributed by atoms with E-state index in [2.05, 4.69) is 53.8 Å². The molecule has 3 aliphatic heterocycles. The number of nitrogens with zero attached hydrogens (tertiary/aromatic N) is 8. The molecule has 3 fully saturated rings. The number of amides is 6. The van der Waals surface area contributed by atoms with Crippen LogP contribution >= 0.6 is 34.4 Å². The van der Waals surface area contributed by atoms with Gasteiger partial charge in [0.2, 0.25) is 29.5 Å². The van der Waals surface area contributed by atoms with Gasteiger partial charge in [-0.3, -0.25) is 72.7 Å². The molecular weight excluding hydrogens is 1330 g/mol. The number of carboxylic acid groups (broad SMARTS) is 3. The SMILES string of the molecule is C/N=C/[C@H]1CC(F)(F)CN1C(=O)CNC(=O)c1ccnc2ccc(OCCCC3CCN(C(=O)CCCCCNC(=O)C(CSCCNC(=O)CCCc4ccc(I)cc4)NC(=O)CN4CCN(CC(=O)O)CCN(CC(=O)O)CCN(CC(=O)O)CC4)CC3)cc12. The molecule has 506 valence electrons. The van der Waals surface area contributed by atoms with Gasteiger partial charge in [0.1, 0.15) is 11.8 Å². The fourth-order valence-electron chi connectivity index (χ4n) is 11.4. The number of likely N-dealkylation sites (tertiary alicyclic amines) is 2. The molecule has 3 saturated heterocycles. The van der Waals surface area contributed by atoms with Crippen LogP contribution in [0.3, 0.4) is 0 Å². The molecule has 6 rings (SSSR count). The zero-order valence-corrected chi connectivity index (χ0v) is 55.4. The number of rotatable bonds is 34. The molecule has 0 radical (unpaired) electrons. The Morgan fingerprint density at radius 3 is 1.98 bits per heavy atom. The van der Waals surface area contributed by atoms with Crippen molar-refractivity contribution in [2.75, 3.05) is 143 Å². The number of aliphatic carboxylic acids is 3. The summed E-state index contributed by atoms with van der Waals surface area (Å²) in [5, 5.41) is 40.7. The van der Waals surface area contributed by atoms with E-state index >= 15 is 0 Å². The van der Waals surface area contributed by atoms with Crippen molar-refractivity contribution in [2.45, 2.75) is 95.1 Å². The summed E-state index contributed by atoms with van der Waals surface area (Å²) in [4.78, 5) is 133. The van der Waals surface area contributed by atoms with E-state index in [0.717, 1.165) is 46.1 Å². The highest BCUT2D eigenvalue weighted by molar-refractivity contribution is 14.1. The second-order valence-electron chi connectivity index (χ2n) is 23.5. The Morgan fingerprint density at radius 1 is 0.728 bits per heavy atom. The molecule has 29 heteroatoms. The molecule has 3 aliphatic rings. The van der Waals surface area contributed by atoms with Gasteiger partial charge < -0.3 is 51.1 Å². The summed E-state index contributed by atoms with van der Waals surface area (Å²) in [6.45, 7) is 1.82. The van der Waals surface area contributed by atoms with E-state index < -0.39 is 79.1 Å². The molecule has 92 heavy (non-hydrogen) atoms. The maximum atomic E-state index is 14.1. The molecule has 1 unspecified atom stereocenters.